The first-order valence-electron chi connectivity index (χ1n) is 5.04. The van der Waals surface area contributed by atoms with E-state index >= 15 is 0 Å². The molecule has 1 aliphatic rings. The zero-order valence-electron chi connectivity index (χ0n) is 9.47. The molecule has 1 nitrogen and oxygen atoms in total. The van der Waals surface area contributed by atoms with Crippen molar-refractivity contribution >= 4 is 17.3 Å². The molecule has 1 aliphatic heterocycles. The Morgan fingerprint density at radius 1 is 1.50 bits per heavy atom. The Bertz CT molecular complexity index is 392. The maximum Gasteiger partial charge on any atom is 0.265 e. The predicted octanol–water partition coefficient (Wildman–Crippen LogP) is 4.11. The van der Waals surface area contributed by atoms with Gasteiger partial charge in [-0.05, 0) is 38.5 Å². The van der Waals surface area contributed by atoms with Gasteiger partial charge < -0.3 is 0 Å². The van der Waals surface area contributed by atoms with Crippen LogP contribution in [0.1, 0.15) is 20.8 Å². The average molecular weight is 246 g/mol. The van der Waals surface area contributed by atoms with Gasteiger partial charge in [-0.25, -0.2) is 8.78 Å². The Morgan fingerprint density at radius 2 is 2.12 bits per heavy atom. The maximum atomic E-state index is 12.8. The lowest BCUT2D eigenvalue weighted by Crippen LogP contribution is -2.06. The predicted molar refractivity (Wildman–Crippen MR) is 64.4 cm³/mol. The van der Waals surface area contributed by atoms with Gasteiger partial charge in [0.1, 0.15) is 0 Å². The van der Waals surface area contributed by atoms with Gasteiger partial charge in [-0.3, -0.25) is 4.99 Å². The van der Waals surface area contributed by atoms with Gasteiger partial charge in [0.15, 0.2) is 0 Å². The van der Waals surface area contributed by atoms with E-state index in [2.05, 4.69) is 4.99 Å². The standard InChI is InChI=1S/C12H14ClF2N/c1-4-5-9(13)6-10-7(2)16-8(3)11(10)12(14)15/h4-7,12H,1-3H3/b5-4-,9-6+. The van der Waals surface area contributed by atoms with E-state index in [1.165, 1.54) is 0 Å². The Morgan fingerprint density at radius 3 is 2.62 bits per heavy atom. The summed E-state index contributed by atoms with van der Waals surface area (Å²) in [5.74, 6) is 0. The maximum absolute atomic E-state index is 12.8. The summed E-state index contributed by atoms with van der Waals surface area (Å²) in [6.07, 6.45) is 2.48. The molecule has 0 aromatic carbocycles. The number of hydrogen-bond acceptors (Lipinski definition) is 1. The summed E-state index contributed by atoms with van der Waals surface area (Å²) in [5.41, 5.74) is 0.921. The summed E-state index contributed by atoms with van der Waals surface area (Å²) in [6, 6.07) is -0.247. The van der Waals surface area contributed by atoms with Crippen LogP contribution in [0.2, 0.25) is 0 Å². The van der Waals surface area contributed by atoms with Crippen molar-refractivity contribution in [3.05, 3.63) is 34.4 Å². The molecule has 0 aromatic rings. The van der Waals surface area contributed by atoms with E-state index in [0.717, 1.165) is 0 Å². The van der Waals surface area contributed by atoms with E-state index in [9.17, 15) is 8.78 Å². The van der Waals surface area contributed by atoms with Crippen molar-refractivity contribution in [1.29, 1.82) is 0 Å². The van der Waals surface area contributed by atoms with Crippen molar-refractivity contribution in [3.8, 4) is 0 Å². The van der Waals surface area contributed by atoms with E-state index in [1.807, 2.05) is 6.92 Å². The minimum Gasteiger partial charge on any atom is -0.282 e. The molecule has 0 aromatic heterocycles. The number of aliphatic imine (C=N–C) groups is 1. The molecule has 0 aliphatic carbocycles. The summed E-state index contributed by atoms with van der Waals surface area (Å²) < 4.78 is 25.6. The normalized spacial score (nSPS) is 22.6. The van der Waals surface area contributed by atoms with E-state index in [-0.39, 0.29) is 11.6 Å². The van der Waals surface area contributed by atoms with Crippen LogP contribution in [0, 0.1) is 0 Å². The van der Waals surface area contributed by atoms with Gasteiger partial charge in [-0.2, -0.15) is 0 Å². The van der Waals surface area contributed by atoms with Gasteiger partial charge in [0.25, 0.3) is 6.43 Å². The molecule has 0 fully saturated rings. The quantitative estimate of drug-likeness (QED) is 0.664. The number of nitrogens with zero attached hydrogens (tertiary/aromatic N) is 1. The van der Waals surface area contributed by atoms with Crippen molar-refractivity contribution in [3.63, 3.8) is 0 Å². The minimum atomic E-state index is -2.50. The molecule has 0 amide bonds. The number of rotatable bonds is 3. The summed E-state index contributed by atoms with van der Waals surface area (Å²) >= 11 is 5.89. The Hall–Kier alpha value is -0.960. The van der Waals surface area contributed by atoms with Crippen LogP contribution < -0.4 is 0 Å². The van der Waals surface area contributed by atoms with Crippen LogP contribution in [0.15, 0.2) is 39.4 Å². The lowest BCUT2D eigenvalue weighted by Gasteiger charge is -2.06. The third-order valence-corrected chi connectivity index (χ3v) is 2.61. The highest BCUT2D eigenvalue weighted by Crippen LogP contribution is 2.29. The van der Waals surface area contributed by atoms with E-state index in [1.54, 1.807) is 32.1 Å². The van der Waals surface area contributed by atoms with Crippen LogP contribution in [0.5, 0.6) is 0 Å². The highest BCUT2D eigenvalue weighted by molar-refractivity contribution is 6.31. The van der Waals surface area contributed by atoms with Crippen molar-refractivity contribution < 1.29 is 8.78 Å². The molecular weight excluding hydrogens is 232 g/mol. The highest BCUT2D eigenvalue weighted by atomic mass is 35.5. The van der Waals surface area contributed by atoms with Gasteiger partial charge in [-0.15, -0.1) is 0 Å². The molecular formula is C12H14ClF2N. The zero-order valence-corrected chi connectivity index (χ0v) is 10.2. The smallest absolute Gasteiger partial charge is 0.265 e. The molecule has 16 heavy (non-hydrogen) atoms. The first-order valence-corrected chi connectivity index (χ1v) is 5.42. The second kappa shape index (κ2) is 5.39. The third kappa shape index (κ3) is 2.79. The molecule has 1 atom stereocenters. The van der Waals surface area contributed by atoms with Crippen LogP contribution in [0.25, 0.3) is 0 Å². The molecule has 0 radical (unpaired) electrons. The molecule has 0 saturated heterocycles. The van der Waals surface area contributed by atoms with Crippen molar-refractivity contribution in [2.45, 2.75) is 33.2 Å². The van der Waals surface area contributed by atoms with Crippen LogP contribution in [0.4, 0.5) is 8.78 Å². The highest BCUT2D eigenvalue weighted by Gasteiger charge is 2.27. The Balaban J connectivity index is 3.14. The Labute approximate surface area is 99.2 Å². The molecule has 0 saturated carbocycles. The lowest BCUT2D eigenvalue weighted by molar-refractivity contribution is 0.196. The summed E-state index contributed by atoms with van der Waals surface area (Å²) in [6.45, 7) is 5.20. The van der Waals surface area contributed by atoms with E-state index < -0.39 is 6.43 Å². The molecule has 0 spiro atoms. The SMILES string of the molecule is C/C=C\C(Cl)=C/C1=C(C(F)F)C(C)=NC1C. The summed E-state index contributed by atoms with van der Waals surface area (Å²) in [4.78, 5) is 4.12. The van der Waals surface area contributed by atoms with Crippen molar-refractivity contribution in [1.82, 2.24) is 0 Å². The molecule has 0 bridgehead atoms. The molecule has 4 heteroatoms. The summed E-state index contributed by atoms with van der Waals surface area (Å²) in [7, 11) is 0. The topological polar surface area (TPSA) is 12.4 Å². The summed E-state index contributed by atoms with van der Waals surface area (Å²) in [5, 5.41) is 0.437. The lowest BCUT2D eigenvalue weighted by atomic mass is 10.0. The van der Waals surface area contributed by atoms with Crippen LogP contribution in [-0.2, 0) is 0 Å². The molecule has 1 rings (SSSR count). The van der Waals surface area contributed by atoms with Crippen LogP contribution in [-0.4, -0.2) is 18.2 Å². The van der Waals surface area contributed by atoms with Gasteiger partial charge in [0.05, 0.1) is 6.04 Å². The van der Waals surface area contributed by atoms with Gasteiger partial charge in [0.2, 0.25) is 0 Å². The third-order valence-electron chi connectivity index (χ3n) is 2.38. The Kier molecular flexibility index (Phi) is 4.42. The number of alkyl halides is 2. The largest absolute Gasteiger partial charge is 0.282 e. The van der Waals surface area contributed by atoms with Crippen molar-refractivity contribution in [2.24, 2.45) is 4.99 Å². The number of allylic oxidation sites excluding steroid dienone is 4. The average Bonchev–Trinajstić information content (AvgIpc) is 2.41. The fourth-order valence-corrected chi connectivity index (χ4v) is 1.95. The van der Waals surface area contributed by atoms with Crippen LogP contribution in [0.3, 0.4) is 0 Å². The zero-order chi connectivity index (χ0) is 12.3. The minimum absolute atomic E-state index is 0.00940. The molecule has 1 heterocycles. The number of hydrogen-bond donors (Lipinski definition) is 0. The second-order valence-corrected chi connectivity index (χ2v) is 4.03. The second-order valence-electron chi connectivity index (χ2n) is 3.59. The van der Waals surface area contributed by atoms with Gasteiger partial charge >= 0.3 is 0 Å². The fourth-order valence-electron chi connectivity index (χ4n) is 1.70. The first-order chi connectivity index (χ1) is 7.47. The van der Waals surface area contributed by atoms with Gasteiger partial charge in [0, 0.05) is 16.3 Å². The van der Waals surface area contributed by atoms with Crippen molar-refractivity contribution in [2.75, 3.05) is 0 Å². The fraction of sp³-hybridized carbons (Fsp3) is 0.417. The van der Waals surface area contributed by atoms with Gasteiger partial charge in [-0.1, -0.05) is 17.7 Å². The monoisotopic (exact) mass is 245 g/mol. The van der Waals surface area contributed by atoms with E-state index in [4.69, 9.17) is 11.6 Å². The number of halogens is 3. The molecule has 1 unspecified atom stereocenters. The molecule has 88 valence electrons. The molecule has 0 N–H and O–H groups in total. The van der Waals surface area contributed by atoms with Crippen LogP contribution >= 0.6 is 11.6 Å². The first kappa shape index (κ1) is 13.1. The van der Waals surface area contributed by atoms with E-state index in [0.29, 0.717) is 16.3 Å².